The minimum atomic E-state index is -1.29. The molecular formula is C36H50N4O11. The van der Waals surface area contributed by atoms with E-state index in [-0.39, 0.29) is 36.9 Å². The van der Waals surface area contributed by atoms with E-state index in [4.69, 9.17) is 18.9 Å². The van der Waals surface area contributed by atoms with Crippen molar-refractivity contribution in [3.8, 4) is 11.5 Å². The number of unbranched alkanes of at least 4 members (excludes halogenated alkanes) is 1. The standard InChI is InChI=1S/C36H50N4O11/c1-20(48-27(43)13-17-37-31(44)23(39-21(2)41)9-7-8-16-38-33(46)51-34(3,4)5)32(45)49-25-12-14-36(47)26-19-22-10-11-24(42)29-28(22)35(36,30(25)50-29)15-18-40(26)6/h10-12,20,23,26,30,42,47H,7-9,13-19H2,1-6H3,(H,37,44)(H,38,46)(H,39,41)/t20-,23-,26?,30-,35-,36-/m0/s1. The van der Waals surface area contributed by atoms with Crippen molar-refractivity contribution in [1.82, 2.24) is 20.9 Å². The van der Waals surface area contributed by atoms with Crippen LogP contribution in [0.5, 0.6) is 11.5 Å². The van der Waals surface area contributed by atoms with Crippen molar-refractivity contribution >= 4 is 29.8 Å². The number of ether oxygens (including phenoxy) is 4. The largest absolute Gasteiger partial charge is 0.504 e. The molecule has 1 saturated heterocycles. The lowest BCUT2D eigenvalue weighted by molar-refractivity contribution is -0.175. The van der Waals surface area contributed by atoms with Crippen molar-refractivity contribution in [2.75, 3.05) is 26.7 Å². The van der Waals surface area contributed by atoms with E-state index in [0.717, 1.165) is 11.1 Å². The number of aromatic hydroxyl groups is 1. The van der Waals surface area contributed by atoms with E-state index in [1.54, 1.807) is 32.9 Å². The van der Waals surface area contributed by atoms with Crippen LogP contribution in [0.4, 0.5) is 4.79 Å². The molecule has 5 rings (SSSR count). The molecule has 51 heavy (non-hydrogen) atoms. The molecule has 1 aromatic carbocycles. The lowest BCUT2D eigenvalue weighted by atomic mass is 9.50. The van der Waals surface area contributed by atoms with Gasteiger partial charge in [-0.1, -0.05) is 6.07 Å². The van der Waals surface area contributed by atoms with Crippen LogP contribution in [-0.2, 0) is 45.2 Å². The second kappa shape index (κ2) is 14.7. The Balaban J connectivity index is 1.11. The summed E-state index contributed by atoms with van der Waals surface area (Å²) in [5, 5.41) is 30.8. The van der Waals surface area contributed by atoms with Gasteiger partial charge in [0.05, 0.1) is 17.4 Å². The van der Waals surface area contributed by atoms with Crippen LogP contribution in [0.15, 0.2) is 24.0 Å². The minimum Gasteiger partial charge on any atom is -0.504 e. The van der Waals surface area contributed by atoms with Gasteiger partial charge in [0.1, 0.15) is 17.4 Å². The van der Waals surface area contributed by atoms with Gasteiger partial charge < -0.3 is 50.0 Å². The van der Waals surface area contributed by atoms with Crippen LogP contribution >= 0.6 is 0 Å². The number of alkyl carbamates (subject to hydrolysis) is 1. The molecule has 280 valence electrons. The molecule has 6 atom stereocenters. The Morgan fingerprint density at radius 1 is 1.12 bits per heavy atom. The lowest BCUT2D eigenvalue weighted by Crippen LogP contribution is -2.74. The molecule has 0 radical (unpaired) electrons. The number of carbonyl (C=O) groups is 5. The first-order valence-electron chi connectivity index (χ1n) is 17.5. The van der Waals surface area contributed by atoms with E-state index in [0.29, 0.717) is 50.9 Å². The molecule has 1 unspecified atom stereocenters. The third kappa shape index (κ3) is 7.64. The fourth-order valence-corrected chi connectivity index (χ4v) is 7.84. The summed E-state index contributed by atoms with van der Waals surface area (Å²) in [6.45, 7) is 8.87. The third-order valence-electron chi connectivity index (χ3n) is 10.1. The molecule has 5 N–H and O–H groups in total. The molecule has 2 heterocycles. The van der Waals surface area contributed by atoms with Gasteiger partial charge in [-0.3, -0.25) is 14.4 Å². The average Bonchev–Trinajstić information content (AvgIpc) is 3.40. The van der Waals surface area contributed by atoms with Gasteiger partial charge in [0.2, 0.25) is 11.8 Å². The van der Waals surface area contributed by atoms with Crippen molar-refractivity contribution < 1.29 is 53.1 Å². The first kappa shape index (κ1) is 37.9. The van der Waals surface area contributed by atoms with Crippen LogP contribution in [0, 0.1) is 0 Å². The first-order chi connectivity index (χ1) is 24.0. The molecule has 0 aromatic heterocycles. The van der Waals surface area contributed by atoms with Gasteiger partial charge in [-0.2, -0.15) is 0 Å². The Kier molecular flexibility index (Phi) is 10.9. The van der Waals surface area contributed by atoms with Crippen molar-refractivity contribution in [3.63, 3.8) is 0 Å². The number of esters is 2. The number of carbonyl (C=O) groups excluding carboxylic acids is 5. The Hall–Kier alpha value is -4.37. The molecule has 15 nitrogen and oxygen atoms in total. The molecule has 2 aliphatic heterocycles. The maximum Gasteiger partial charge on any atom is 0.407 e. The number of nitrogens with zero attached hydrogens (tertiary/aromatic N) is 1. The summed E-state index contributed by atoms with van der Waals surface area (Å²) in [5.41, 5.74) is -1.02. The van der Waals surface area contributed by atoms with Crippen molar-refractivity contribution in [2.24, 2.45) is 0 Å². The van der Waals surface area contributed by atoms with E-state index < -0.39 is 64.7 Å². The highest BCUT2D eigenvalue weighted by Gasteiger charge is 2.72. The van der Waals surface area contributed by atoms with E-state index in [1.165, 1.54) is 13.8 Å². The molecule has 15 heteroatoms. The normalized spacial score (nSPS) is 25.6. The molecule has 1 spiro atoms. The van der Waals surface area contributed by atoms with Crippen molar-refractivity contribution in [2.45, 2.75) is 120 Å². The highest BCUT2D eigenvalue weighted by Crippen LogP contribution is 2.65. The Bertz CT molecular complexity index is 1590. The van der Waals surface area contributed by atoms with Crippen molar-refractivity contribution in [1.29, 1.82) is 0 Å². The minimum absolute atomic E-state index is 0.0479. The monoisotopic (exact) mass is 714 g/mol. The summed E-state index contributed by atoms with van der Waals surface area (Å²) in [7, 11) is 1.98. The van der Waals surface area contributed by atoms with E-state index in [1.807, 2.05) is 13.1 Å². The predicted octanol–water partition coefficient (Wildman–Crippen LogP) is 1.85. The number of piperidine rings is 1. The summed E-state index contributed by atoms with van der Waals surface area (Å²) >= 11 is 0. The zero-order valence-corrected chi connectivity index (χ0v) is 30.1. The number of nitrogens with one attached hydrogen (secondary N) is 3. The number of phenols is 1. The number of rotatable bonds is 13. The topological polar surface area (TPSA) is 202 Å². The number of aliphatic hydroxyl groups is 1. The molecular weight excluding hydrogens is 664 g/mol. The lowest BCUT2D eigenvalue weighted by Gasteiger charge is -2.61. The van der Waals surface area contributed by atoms with Gasteiger partial charge in [-0.15, -0.1) is 0 Å². The highest BCUT2D eigenvalue weighted by atomic mass is 16.6. The van der Waals surface area contributed by atoms with Gasteiger partial charge in [0.25, 0.3) is 0 Å². The molecule has 0 saturated carbocycles. The maximum atomic E-state index is 13.2. The van der Waals surface area contributed by atoms with Crippen molar-refractivity contribution in [3.05, 3.63) is 35.1 Å². The highest BCUT2D eigenvalue weighted by molar-refractivity contribution is 5.87. The summed E-state index contributed by atoms with van der Waals surface area (Å²) in [6, 6.07) is 2.39. The number of hydrogen-bond acceptors (Lipinski definition) is 12. The number of likely N-dealkylation sites (tertiary alicyclic amines) is 1. The molecule has 1 fully saturated rings. The van der Waals surface area contributed by atoms with Crippen LogP contribution in [-0.4, -0.2) is 107 Å². The van der Waals surface area contributed by atoms with E-state index in [9.17, 15) is 34.2 Å². The summed E-state index contributed by atoms with van der Waals surface area (Å²) in [5.74, 6) is -2.03. The van der Waals surface area contributed by atoms with E-state index in [2.05, 4.69) is 20.9 Å². The number of phenolic OH excluding ortho intramolecular Hbond substituents is 1. The zero-order chi connectivity index (χ0) is 37.3. The fourth-order valence-electron chi connectivity index (χ4n) is 7.84. The van der Waals surface area contributed by atoms with Crippen LogP contribution in [0.3, 0.4) is 0 Å². The number of benzene rings is 1. The molecule has 4 aliphatic rings. The summed E-state index contributed by atoms with van der Waals surface area (Å²) in [6.07, 6.45) is 1.38. The Labute approximate surface area is 297 Å². The van der Waals surface area contributed by atoms with Crippen LogP contribution in [0.2, 0.25) is 0 Å². The molecule has 3 amide bonds. The van der Waals surface area contributed by atoms with Crippen LogP contribution in [0.25, 0.3) is 0 Å². The van der Waals surface area contributed by atoms with Gasteiger partial charge in [-0.05, 0) is 91.1 Å². The fraction of sp³-hybridized carbons (Fsp3) is 0.639. The van der Waals surface area contributed by atoms with Gasteiger partial charge in [0, 0.05) is 38.0 Å². The molecule has 2 aliphatic carbocycles. The second-order valence-electron chi connectivity index (χ2n) is 14.9. The van der Waals surface area contributed by atoms with Gasteiger partial charge in [0.15, 0.2) is 23.7 Å². The van der Waals surface area contributed by atoms with Crippen LogP contribution < -0.4 is 20.7 Å². The number of amides is 3. The third-order valence-corrected chi connectivity index (χ3v) is 10.1. The molecule has 2 bridgehead atoms. The second-order valence-corrected chi connectivity index (χ2v) is 14.9. The number of hydrogen-bond donors (Lipinski definition) is 5. The van der Waals surface area contributed by atoms with E-state index >= 15 is 0 Å². The Morgan fingerprint density at radius 3 is 2.57 bits per heavy atom. The quantitative estimate of drug-likeness (QED) is 0.113. The average molecular weight is 715 g/mol. The smallest absolute Gasteiger partial charge is 0.407 e. The predicted molar refractivity (Wildman–Crippen MR) is 182 cm³/mol. The Morgan fingerprint density at radius 2 is 1.86 bits per heavy atom. The van der Waals surface area contributed by atoms with Gasteiger partial charge >= 0.3 is 18.0 Å². The number of likely N-dealkylation sites (N-methyl/N-ethyl adjacent to an activating group) is 1. The summed E-state index contributed by atoms with van der Waals surface area (Å²) in [4.78, 5) is 64.3. The SMILES string of the molecule is CC(=O)N[C@@H](CCCCNC(=O)OC(C)(C)C)C(=O)NCCC(=O)O[C@@H](C)C(=O)OC1=CC[C@]2(O)C3Cc4ccc(O)c5c4[C@@]2(CCN3C)[C@H]1O5. The first-order valence-corrected chi connectivity index (χ1v) is 17.5. The zero-order valence-electron chi connectivity index (χ0n) is 30.1. The molecule has 1 aromatic rings. The van der Waals surface area contributed by atoms with Gasteiger partial charge in [-0.25, -0.2) is 9.59 Å². The maximum absolute atomic E-state index is 13.2. The van der Waals surface area contributed by atoms with Crippen LogP contribution in [0.1, 0.15) is 84.3 Å². The summed E-state index contributed by atoms with van der Waals surface area (Å²) < 4.78 is 22.6.